The van der Waals surface area contributed by atoms with Gasteiger partial charge in [-0.3, -0.25) is 0 Å². The zero-order valence-electron chi connectivity index (χ0n) is 9.63. The van der Waals surface area contributed by atoms with Crippen LogP contribution in [0.4, 0.5) is 0 Å². The first kappa shape index (κ1) is 11.8. The minimum atomic E-state index is -1.04. The first-order valence-electron chi connectivity index (χ1n) is 5.09. The van der Waals surface area contributed by atoms with E-state index in [-0.39, 0.29) is 11.2 Å². The van der Waals surface area contributed by atoms with Crippen molar-refractivity contribution in [2.45, 2.75) is 46.0 Å². The van der Waals surface area contributed by atoms with Crippen LogP contribution in [0.15, 0.2) is 4.42 Å². The van der Waals surface area contributed by atoms with Crippen molar-refractivity contribution in [3.05, 3.63) is 17.3 Å². The van der Waals surface area contributed by atoms with E-state index in [1.165, 1.54) is 0 Å². The van der Waals surface area contributed by atoms with Crippen LogP contribution < -0.4 is 0 Å². The van der Waals surface area contributed by atoms with Crippen LogP contribution in [-0.2, 0) is 11.8 Å². The molecule has 0 aliphatic rings. The second kappa shape index (κ2) is 4.04. The van der Waals surface area contributed by atoms with E-state index < -0.39 is 5.97 Å². The van der Waals surface area contributed by atoms with E-state index in [9.17, 15) is 4.79 Å². The maximum atomic E-state index is 10.9. The molecule has 0 fully saturated rings. The van der Waals surface area contributed by atoms with E-state index in [2.05, 4.69) is 4.98 Å². The molecule has 1 N–H and O–H groups in total. The third kappa shape index (κ3) is 2.58. The zero-order valence-corrected chi connectivity index (χ0v) is 9.63. The third-order valence-electron chi connectivity index (χ3n) is 2.02. The minimum absolute atomic E-state index is 0.0122. The molecular formula is C11H17NO3. The van der Waals surface area contributed by atoms with E-state index >= 15 is 0 Å². The molecule has 1 heterocycles. The van der Waals surface area contributed by atoms with Gasteiger partial charge >= 0.3 is 5.97 Å². The molecule has 1 aromatic rings. The number of carbonyl (C=O) groups is 1. The second-order valence-corrected chi connectivity index (χ2v) is 4.60. The summed E-state index contributed by atoms with van der Waals surface area (Å²) in [5, 5.41) is 8.94. The van der Waals surface area contributed by atoms with Crippen LogP contribution >= 0.6 is 0 Å². The minimum Gasteiger partial charge on any atom is -0.475 e. The number of rotatable bonds is 3. The summed E-state index contributed by atoms with van der Waals surface area (Å²) in [6.45, 7) is 7.82. The number of aromatic carboxylic acids is 1. The first-order chi connectivity index (χ1) is 6.86. The summed E-state index contributed by atoms with van der Waals surface area (Å²) in [6, 6.07) is 0. The van der Waals surface area contributed by atoms with E-state index in [0.717, 1.165) is 6.42 Å². The quantitative estimate of drug-likeness (QED) is 0.834. The molecule has 0 saturated carbocycles. The van der Waals surface area contributed by atoms with Gasteiger partial charge in [-0.05, 0) is 6.42 Å². The molecule has 0 spiro atoms. The average molecular weight is 211 g/mol. The normalized spacial score (nSPS) is 11.7. The highest BCUT2D eigenvalue weighted by Crippen LogP contribution is 2.24. The Morgan fingerprint density at radius 3 is 2.47 bits per heavy atom. The van der Waals surface area contributed by atoms with Crippen molar-refractivity contribution in [3.8, 4) is 0 Å². The Labute approximate surface area is 89.3 Å². The van der Waals surface area contributed by atoms with Crippen molar-refractivity contribution in [1.29, 1.82) is 0 Å². The fraction of sp³-hybridized carbons (Fsp3) is 0.636. The van der Waals surface area contributed by atoms with Crippen molar-refractivity contribution in [1.82, 2.24) is 4.98 Å². The van der Waals surface area contributed by atoms with E-state index in [1.54, 1.807) is 0 Å². The van der Waals surface area contributed by atoms with Crippen molar-refractivity contribution < 1.29 is 14.3 Å². The molecule has 84 valence electrons. The summed E-state index contributed by atoms with van der Waals surface area (Å²) in [7, 11) is 0. The number of carboxylic acid groups (broad SMARTS) is 1. The lowest BCUT2D eigenvalue weighted by Gasteiger charge is -2.11. The van der Waals surface area contributed by atoms with Gasteiger partial charge < -0.3 is 9.52 Å². The number of aromatic nitrogens is 1. The lowest BCUT2D eigenvalue weighted by molar-refractivity contribution is 0.0657. The van der Waals surface area contributed by atoms with Crippen molar-refractivity contribution in [2.24, 2.45) is 0 Å². The smallest absolute Gasteiger partial charge is 0.373 e. The number of hydrogen-bond donors (Lipinski definition) is 1. The molecule has 0 aliphatic heterocycles. The highest BCUT2D eigenvalue weighted by molar-refractivity contribution is 5.85. The topological polar surface area (TPSA) is 63.3 Å². The van der Waals surface area contributed by atoms with Crippen LogP contribution in [0.5, 0.6) is 0 Å². The summed E-state index contributed by atoms with van der Waals surface area (Å²) in [6.07, 6.45) is 1.50. The number of carboxylic acids is 1. The number of aryl methyl sites for hydroxylation is 1. The maximum Gasteiger partial charge on any atom is 0.373 e. The van der Waals surface area contributed by atoms with Gasteiger partial charge in [-0.25, -0.2) is 9.78 Å². The van der Waals surface area contributed by atoms with E-state index in [4.69, 9.17) is 9.52 Å². The van der Waals surface area contributed by atoms with Crippen molar-refractivity contribution in [2.75, 3.05) is 0 Å². The molecule has 0 aliphatic carbocycles. The highest BCUT2D eigenvalue weighted by atomic mass is 16.4. The van der Waals surface area contributed by atoms with Crippen LogP contribution in [-0.4, -0.2) is 16.1 Å². The van der Waals surface area contributed by atoms with Gasteiger partial charge in [0.2, 0.25) is 11.7 Å². The Morgan fingerprint density at radius 2 is 2.07 bits per heavy atom. The number of hydrogen-bond acceptors (Lipinski definition) is 3. The van der Waals surface area contributed by atoms with Crippen LogP contribution in [0.2, 0.25) is 0 Å². The Bertz CT molecular complexity index is 360. The zero-order chi connectivity index (χ0) is 11.6. The van der Waals surface area contributed by atoms with Gasteiger partial charge in [0.25, 0.3) is 0 Å². The summed E-state index contributed by atoms with van der Waals surface area (Å²) < 4.78 is 5.28. The van der Waals surface area contributed by atoms with Crippen molar-refractivity contribution in [3.63, 3.8) is 0 Å². The Morgan fingerprint density at radius 1 is 1.47 bits per heavy atom. The van der Waals surface area contributed by atoms with Gasteiger partial charge in [-0.1, -0.05) is 34.1 Å². The van der Waals surface area contributed by atoms with Crippen LogP contribution in [0, 0.1) is 0 Å². The molecule has 0 unspecified atom stereocenters. The molecular weight excluding hydrogens is 194 g/mol. The molecule has 0 saturated heterocycles. The summed E-state index contributed by atoms with van der Waals surface area (Å²) in [4.78, 5) is 15.1. The highest BCUT2D eigenvalue weighted by Gasteiger charge is 2.26. The van der Waals surface area contributed by atoms with Crippen LogP contribution in [0.25, 0.3) is 0 Å². The average Bonchev–Trinajstić information content (AvgIpc) is 2.48. The summed E-state index contributed by atoms with van der Waals surface area (Å²) in [5.74, 6) is -0.563. The summed E-state index contributed by atoms with van der Waals surface area (Å²) >= 11 is 0. The molecule has 1 rings (SSSR count). The van der Waals surface area contributed by atoms with Gasteiger partial charge in [-0.15, -0.1) is 0 Å². The van der Waals surface area contributed by atoms with Gasteiger partial charge in [0.15, 0.2) is 0 Å². The molecule has 4 nitrogen and oxygen atoms in total. The first-order valence-corrected chi connectivity index (χ1v) is 5.09. The molecule has 0 amide bonds. The lowest BCUT2D eigenvalue weighted by Crippen LogP contribution is -2.11. The molecule has 15 heavy (non-hydrogen) atoms. The van der Waals surface area contributed by atoms with Gasteiger partial charge in [0.1, 0.15) is 0 Å². The Balaban J connectivity index is 3.15. The van der Waals surface area contributed by atoms with Gasteiger partial charge in [0.05, 0.1) is 5.69 Å². The molecule has 0 aromatic carbocycles. The lowest BCUT2D eigenvalue weighted by atomic mass is 9.97. The van der Waals surface area contributed by atoms with Gasteiger partial charge in [-0.2, -0.15) is 0 Å². The third-order valence-corrected chi connectivity index (χ3v) is 2.02. The molecule has 4 heteroatoms. The predicted molar refractivity (Wildman–Crippen MR) is 56.2 cm³/mol. The largest absolute Gasteiger partial charge is 0.475 e. The molecule has 1 aromatic heterocycles. The maximum absolute atomic E-state index is 10.9. The monoisotopic (exact) mass is 211 g/mol. The number of nitrogens with zero attached hydrogens (tertiary/aromatic N) is 1. The fourth-order valence-corrected chi connectivity index (χ4v) is 1.25. The standard InChI is InChI=1S/C11H17NO3/c1-5-6-7-8(9(13)14)15-10(12-7)11(2,3)4/h5-6H2,1-4H3,(H,13,14). The van der Waals surface area contributed by atoms with Gasteiger partial charge in [0, 0.05) is 5.41 Å². The van der Waals surface area contributed by atoms with Crippen LogP contribution in [0.3, 0.4) is 0 Å². The SMILES string of the molecule is CCCc1nc(C(C)(C)C)oc1C(=O)O. The van der Waals surface area contributed by atoms with E-state index in [0.29, 0.717) is 18.0 Å². The molecule has 0 bridgehead atoms. The molecule has 0 radical (unpaired) electrons. The van der Waals surface area contributed by atoms with Crippen molar-refractivity contribution >= 4 is 5.97 Å². The second-order valence-electron chi connectivity index (χ2n) is 4.60. The predicted octanol–water partition coefficient (Wildman–Crippen LogP) is 2.62. The van der Waals surface area contributed by atoms with E-state index in [1.807, 2.05) is 27.7 Å². The Hall–Kier alpha value is -1.32. The summed E-state index contributed by atoms with van der Waals surface area (Å²) in [5.41, 5.74) is 0.297. The molecule has 0 atom stereocenters. The van der Waals surface area contributed by atoms with Crippen LogP contribution in [0.1, 0.15) is 56.3 Å². The fourth-order valence-electron chi connectivity index (χ4n) is 1.25. The Kier molecular flexibility index (Phi) is 3.17. The number of oxazole rings is 1.